The molecule has 0 aliphatic heterocycles. The number of nitrogens with zero attached hydrogens (tertiary/aromatic N) is 4. The van der Waals surface area contributed by atoms with Crippen LogP contribution in [0.5, 0.6) is 0 Å². The van der Waals surface area contributed by atoms with Crippen LogP contribution in [-0.2, 0) is 0 Å². The maximum absolute atomic E-state index is 5.77. The van der Waals surface area contributed by atoms with Crippen molar-refractivity contribution in [1.29, 1.82) is 0 Å². The Balaban J connectivity index is 2.14. The number of hydrogen-bond donors (Lipinski definition) is 0. The second-order valence-electron chi connectivity index (χ2n) is 4.16. The van der Waals surface area contributed by atoms with Gasteiger partial charge in [0, 0.05) is 12.6 Å². The van der Waals surface area contributed by atoms with Gasteiger partial charge in [0.25, 0.3) is 0 Å². The molecule has 1 saturated carbocycles. The van der Waals surface area contributed by atoms with Crippen LogP contribution in [0.2, 0.25) is 5.28 Å². The van der Waals surface area contributed by atoms with E-state index in [-0.39, 0.29) is 5.28 Å². The Bertz CT molecular complexity index is 339. The van der Waals surface area contributed by atoms with Crippen LogP contribution in [0.15, 0.2) is 6.20 Å². The van der Waals surface area contributed by atoms with Crippen LogP contribution in [0, 0.1) is 0 Å². The first-order valence-corrected chi connectivity index (χ1v) is 6.31. The Morgan fingerprint density at radius 1 is 1.38 bits per heavy atom. The van der Waals surface area contributed by atoms with Crippen molar-refractivity contribution in [3.8, 4) is 0 Å². The number of aromatic nitrogens is 3. The zero-order valence-corrected chi connectivity index (χ0v) is 10.3. The van der Waals surface area contributed by atoms with Crippen LogP contribution in [0.3, 0.4) is 0 Å². The predicted molar refractivity (Wildman–Crippen MR) is 64.7 cm³/mol. The lowest BCUT2D eigenvalue weighted by Gasteiger charge is -2.34. The molecule has 4 nitrogen and oxygen atoms in total. The van der Waals surface area contributed by atoms with Crippen LogP contribution in [0.4, 0.5) is 5.82 Å². The van der Waals surface area contributed by atoms with E-state index in [1.807, 2.05) is 0 Å². The molecule has 0 spiro atoms. The third-order valence-electron chi connectivity index (χ3n) is 3.17. The van der Waals surface area contributed by atoms with Crippen LogP contribution < -0.4 is 4.90 Å². The van der Waals surface area contributed by atoms with Gasteiger partial charge >= 0.3 is 0 Å². The molecule has 1 fully saturated rings. The van der Waals surface area contributed by atoms with Crippen molar-refractivity contribution in [3.63, 3.8) is 0 Å². The summed E-state index contributed by atoms with van der Waals surface area (Å²) in [5, 5.41) is 7.77. The van der Waals surface area contributed by atoms with Crippen LogP contribution >= 0.6 is 11.6 Å². The highest BCUT2D eigenvalue weighted by molar-refractivity contribution is 6.28. The molecular formula is C11H17ClN4. The SMILES string of the molecule is CCN(c1cnnc(Cl)n1)C1CCCCC1. The number of anilines is 1. The van der Waals surface area contributed by atoms with Gasteiger partial charge in [0.1, 0.15) is 0 Å². The van der Waals surface area contributed by atoms with Gasteiger partial charge < -0.3 is 4.90 Å². The summed E-state index contributed by atoms with van der Waals surface area (Å²) in [7, 11) is 0. The van der Waals surface area contributed by atoms with Crippen LogP contribution in [-0.4, -0.2) is 27.8 Å². The van der Waals surface area contributed by atoms with Crippen molar-refractivity contribution >= 4 is 17.4 Å². The first kappa shape index (κ1) is 11.6. The fourth-order valence-corrected chi connectivity index (χ4v) is 2.54. The van der Waals surface area contributed by atoms with E-state index in [4.69, 9.17) is 11.6 Å². The number of halogens is 1. The van der Waals surface area contributed by atoms with Crippen molar-refractivity contribution in [3.05, 3.63) is 11.5 Å². The van der Waals surface area contributed by atoms with Gasteiger partial charge in [-0.2, -0.15) is 10.1 Å². The Labute approximate surface area is 101 Å². The Hall–Kier alpha value is -0.900. The summed E-state index contributed by atoms with van der Waals surface area (Å²) < 4.78 is 0. The van der Waals surface area contributed by atoms with Crippen LogP contribution in [0.25, 0.3) is 0 Å². The lowest BCUT2D eigenvalue weighted by Crippen LogP contribution is -2.37. The third-order valence-corrected chi connectivity index (χ3v) is 3.33. The molecule has 1 aliphatic rings. The quantitative estimate of drug-likeness (QED) is 0.815. The van der Waals surface area contributed by atoms with E-state index in [0.717, 1.165) is 12.4 Å². The second kappa shape index (κ2) is 5.43. The van der Waals surface area contributed by atoms with Crippen molar-refractivity contribution in [2.24, 2.45) is 0 Å². The normalized spacial score (nSPS) is 17.4. The summed E-state index contributed by atoms with van der Waals surface area (Å²) in [6, 6.07) is 0.589. The number of rotatable bonds is 3. The molecule has 5 heteroatoms. The Morgan fingerprint density at radius 2 is 2.12 bits per heavy atom. The molecule has 1 aromatic rings. The van der Waals surface area contributed by atoms with Gasteiger partial charge in [-0.05, 0) is 31.4 Å². The fraction of sp³-hybridized carbons (Fsp3) is 0.727. The van der Waals surface area contributed by atoms with Gasteiger partial charge in [0.15, 0.2) is 5.82 Å². The predicted octanol–water partition coefficient (Wildman–Crippen LogP) is 2.68. The molecule has 0 radical (unpaired) electrons. The minimum Gasteiger partial charge on any atom is -0.352 e. The Morgan fingerprint density at radius 3 is 2.75 bits per heavy atom. The summed E-state index contributed by atoms with van der Waals surface area (Å²) in [6.07, 6.45) is 8.17. The molecule has 0 saturated heterocycles. The van der Waals surface area contributed by atoms with E-state index in [2.05, 4.69) is 27.0 Å². The molecule has 0 aromatic carbocycles. The van der Waals surface area contributed by atoms with Gasteiger partial charge in [-0.25, -0.2) is 0 Å². The van der Waals surface area contributed by atoms with E-state index in [1.165, 1.54) is 32.1 Å². The first-order valence-electron chi connectivity index (χ1n) is 5.93. The average molecular weight is 241 g/mol. The van der Waals surface area contributed by atoms with E-state index in [0.29, 0.717) is 6.04 Å². The molecule has 0 amide bonds. The first-order chi connectivity index (χ1) is 7.81. The molecule has 0 bridgehead atoms. The van der Waals surface area contributed by atoms with E-state index < -0.39 is 0 Å². The van der Waals surface area contributed by atoms with Gasteiger partial charge in [-0.1, -0.05) is 19.3 Å². The van der Waals surface area contributed by atoms with Gasteiger partial charge in [-0.15, -0.1) is 5.10 Å². The molecular weight excluding hydrogens is 224 g/mol. The third kappa shape index (κ3) is 2.61. The van der Waals surface area contributed by atoms with Crippen molar-refractivity contribution < 1.29 is 0 Å². The standard InChI is InChI=1S/C11H17ClN4/c1-2-16(9-6-4-3-5-7-9)10-8-13-15-11(12)14-10/h8-9H,2-7H2,1H3. The summed E-state index contributed by atoms with van der Waals surface area (Å²) >= 11 is 5.77. The highest BCUT2D eigenvalue weighted by Crippen LogP contribution is 2.25. The largest absolute Gasteiger partial charge is 0.352 e. The molecule has 16 heavy (non-hydrogen) atoms. The average Bonchev–Trinajstić information content (AvgIpc) is 2.31. The lowest BCUT2D eigenvalue weighted by atomic mass is 9.94. The molecule has 2 rings (SSSR count). The van der Waals surface area contributed by atoms with Gasteiger partial charge in [-0.3, -0.25) is 0 Å². The molecule has 0 N–H and O–H groups in total. The van der Waals surface area contributed by atoms with Crippen molar-refractivity contribution in [2.75, 3.05) is 11.4 Å². The molecule has 1 aliphatic carbocycles. The van der Waals surface area contributed by atoms with E-state index >= 15 is 0 Å². The lowest BCUT2D eigenvalue weighted by molar-refractivity contribution is 0.416. The summed E-state index contributed by atoms with van der Waals surface area (Å²) in [4.78, 5) is 6.53. The van der Waals surface area contributed by atoms with Crippen molar-refractivity contribution in [1.82, 2.24) is 15.2 Å². The number of hydrogen-bond acceptors (Lipinski definition) is 4. The van der Waals surface area contributed by atoms with Crippen molar-refractivity contribution in [2.45, 2.75) is 45.1 Å². The zero-order chi connectivity index (χ0) is 11.4. The molecule has 88 valence electrons. The summed E-state index contributed by atoms with van der Waals surface area (Å²) in [5.41, 5.74) is 0. The fourth-order valence-electron chi connectivity index (χ4n) is 2.41. The monoisotopic (exact) mass is 240 g/mol. The molecule has 0 unspecified atom stereocenters. The molecule has 0 atom stereocenters. The Kier molecular flexibility index (Phi) is 3.93. The highest BCUT2D eigenvalue weighted by Gasteiger charge is 2.21. The molecule has 1 heterocycles. The smallest absolute Gasteiger partial charge is 0.244 e. The maximum Gasteiger partial charge on any atom is 0.244 e. The summed E-state index contributed by atoms with van der Waals surface area (Å²) in [5.74, 6) is 0.856. The minimum absolute atomic E-state index is 0.228. The second-order valence-corrected chi connectivity index (χ2v) is 4.50. The highest BCUT2D eigenvalue weighted by atomic mass is 35.5. The van der Waals surface area contributed by atoms with Crippen LogP contribution in [0.1, 0.15) is 39.0 Å². The topological polar surface area (TPSA) is 41.9 Å². The maximum atomic E-state index is 5.77. The zero-order valence-electron chi connectivity index (χ0n) is 9.56. The minimum atomic E-state index is 0.228. The molecule has 1 aromatic heterocycles. The summed E-state index contributed by atoms with van der Waals surface area (Å²) in [6.45, 7) is 3.09. The van der Waals surface area contributed by atoms with E-state index in [1.54, 1.807) is 6.20 Å². The van der Waals surface area contributed by atoms with Gasteiger partial charge in [0.2, 0.25) is 5.28 Å². The van der Waals surface area contributed by atoms with E-state index in [9.17, 15) is 0 Å². The van der Waals surface area contributed by atoms with Gasteiger partial charge in [0.05, 0.1) is 6.20 Å².